The zero-order chi connectivity index (χ0) is 9.40. The fraction of sp³-hybridized carbons (Fsp3) is 0.857. The molecule has 0 saturated heterocycles. The molecule has 0 spiro atoms. The molecule has 1 unspecified atom stereocenters. The summed E-state index contributed by atoms with van der Waals surface area (Å²) in [5.74, 6) is -0.442. The van der Waals surface area contributed by atoms with Crippen molar-refractivity contribution in [1.82, 2.24) is 0 Å². The lowest BCUT2D eigenvalue weighted by molar-refractivity contribution is -0.146. The molecule has 5 heteroatoms. The summed E-state index contributed by atoms with van der Waals surface area (Å²) < 4.78 is 9.52. The molecule has 0 fully saturated rings. The SMILES string of the molecule is CC(N)C(=O)OCCOCCO. The number of hydrogen-bond acceptors (Lipinski definition) is 5. The first-order valence-electron chi connectivity index (χ1n) is 3.79. The van der Waals surface area contributed by atoms with Crippen molar-refractivity contribution in [3.63, 3.8) is 0 Å². The van der Waals surface area contributed by atoms with Crippen LogP contribution in [0.15, 0.2) is 0 Å². The summed E-state index contributed by atoms with van der Waals surface area (Å²) in [5.41, 5.74) is 5.22. The van der Waals surface area contributed by atoms with Gasteiger partial charge in [0, 0.05) is 0 Å². The van der Waals surface area contributed by atoms with E-state index in [9.17, 15) is 4.79 Å². The minimum atomic E-state index is -0.595. The van der Waals surface area contributed by atoms with Gasteiger partial charge in [-0.1, -0.05) is 0 Å². The van der Waals surface area contributed by atoms with Crippen LogP contribution in [-0.4, -0.2) is 43.5 Å². The zero-order valence-corrected chi connectivity index (χ0v) is 7.16. The Hall–Kier alpha value is -0.650. The highest BCUT2D eigenvalue weighted by Gasteiger charge is 2.07. The molecule has 0 radical (unpaired) electrons. The number of hydrogen-bond donors (Lipinski definition) is 2. The van der Waals surface area contributed by atoms with Crippen molar-refractivity contribution in [3.8, 4) is 0 Å². The molecule has 0 bridgehead atoms. The van der Waals surface area contributed by atoms with Gasteiger partial charge in [-0.15, -0.1) is 0 Å². The van der Waals surface area contributed by atoms with Crippen LogP contribution in [-0.2, 0) is 14.3 Å². The molecule has 0 aromatic carbocycles. The van der Waals surface area contributed by atoms with Gasteiger partial charge in [0.15, 0.2) is 0 Å². The standard InChI is InChI=1S/C7H15NO4/c1-6(8)7(10)12-5-4-11-3-2-9/h6,9H,2-5,8H2,1H3. The third kappa shape index (κ3) is 6.09. The summed E-state index contributed by atoms with van der Waals surface area (Å²) >= 11 is 0. The summed E-state index contributed by atoms with van der Waals surface area (Å²) in [7, 11) is 0. The van der Waals surface area contributed by atoms with Gasteiger partial charge in [-0.05, 0) is 6.92 Å². The van der Waals surface area contributed by atoms with Gasteiger partial charge in [0.25, 0.3) is 0 Å². The van der Waals surface area contributed by atoms with Crippen molar-refractivity contribution in [2.45, 2.75) is 13.0 Å². The van der Waals surface area contributed by atoms with E-state index in [0.29, 0.717) is 6.61 Å². The summed E-state index contributed by atoms with van der Waals surface area (Å²) in [5, 5.41) is 8.31. The third-order valence-electron chi connectivity index (χ3n) is 1.08. The molecule has 0 aromatic rings. The number of carbonyl (C=O) groups excluding carboxylic acids is 1. The lowest BCUT2D eigenvalue weighted by Crippen LogP contribution is -2.29. The lowest BCUT2D eigenvalue weighted by Gasteiger charge is -2.06. The highest BCUT2D eigenvalue weighted by molar-refractivity contribution is 5.74. The molecule has 0 aliphatic rings. The van der Waals surface area contributed by atoms with E-state index in [1.54, 1.807) is 6.92 Å². The maximum Gasteiger partial charge on any atom is 0.322 e. The van der Waals surface area contributed by atoms with Gasteiger partial charge in [-0.3, -0.25) is 4.79 Å². The number of carbonyl (C=O) groups is 1. The molecule has 0 heterocycles. The first kappa shape index (κ1) is 11.4. The zero-order valence-electron chi connectivity index (χ0n) is 7.16. The second-order valence-corrected chi connectivity index (χ2v) is 2.29. The fourth-order valence-electron chi connectivity index (χ4n) is 0.499. The number of rotatable bonds is 6. The van der Waals surface area contributed by atoms with Gasteiger partial charge in [-0.2, -0.15) is 0 Å². The van der Waals surface area contributed by atoms with Crippen LogP contribution in [0.25, 0.3) is 0 Å². The van der Waals surface area contributed by atoms with Crippen LogP contribution in [0.1, 0.15) is 6.92 Å². The van der Waals surface area contributed by atoms with E-state index in [0.717, 1.165) is 0 Å². The smallest absolute Gasteiger partial charge is 0.322 e. The molecule has 5 nitrogen and oxygen atoms in total. The van der Waals surface area contributed by atoms with E-state index in [1.165, 1.54) is 0 Å². The predicted molar refractivity (Wildman–Crippen MR) is 42.5 cm³/mol. The Morgan fingerprint density at radius 2 is 2.17 bits per heavy atom. The van der Waals surface area contributed by atoms with Crippen molar-refractivity contribution in [2.24, 2.45) is 5.73 Å². The molecule has 0 aliphatic carbocycles. The minimum absolute atomic E-state index is 0.0265. The average Bonchev–Trinajstić information content (AvgIpc) is 2.03. The Balaban J connectivity index is 3.14. The van der Waals surface area contributed by atoms with Crippen LogP contribution < -0.4 is 5.73 Å². The van der Waals surface area contributed by atoms with Crippen molar-refractivity contribution >= 4 is 5.97 Å². The molecule has 72 valence electrons. The molecular weight excluding hydrogens is 162 g/mol. The molecule has 0 aliphatic heterocycles. The maximum atomic E-state index is 10.7. The Labute approximate surface area is 71.5 Å². The predicted octanol–water partition coefficient (Wildman–Crippen LogP) is -1.11. The normalized spacial score (nSPS) is 12.6. The van der Waals surface area contributed by atoms with Crippen LogP contribution in [0.4, 0.5) is 0 Å². The quantitative estimate of drug-likeness (QED) is 0.397. The average molecular weight is 177 g/mol. The van der Waals surface area contributed by atoms with E-state index in [1.807, 2.05) is 0 Å². The van der Waals surface area contributed by atoms with Crippen molar-refractivity contribution in [1.29, 1.82) is 0 Å². The van der Waals surface area contributed by atoms with Gasteiger partial charge < -0.3 is 20.3 Å². The Bertz CT molecular complexity index is 127. The van der Waals surface area contributed by atoms with Crippen LogP contribution in [0, 0.1) is 0 Å². The van der Waals surface area contributed by atoms with Gasteiger partial charge in [0.1, 0.15) is 12.6 Å². The third-order valence-corrected chi connectivity index (χ3v) is 1.08. The van der Waals surface area contributed by atoms with E-state index < -0.39 is 12.0 Å². The highest BCUT2D eigenvalue weighted by Crippen LogP contribution is 1.84. The van der Waals surface area contributed by atoms with Gasteiger partial charge in [-0.25, -0.2) is 0 Å². The fourth-order valence-corrected chi connectivity index (χ4v) is 0.499. The summed E-state index contributed by atoms with van der Waals surface area (Å²) in [6.07, 6.45) is 0. The Morgan fingerprint density at radius 3 is 2.67 bits per heavy atom. The molecular formula is C7H15NO4. The van der Waals surface area contributed by atoms with Crippen LogP contribution >= 0.6 is 0 Å². The van der Waals surface area contributed by atoms with Crippen LogP contribution in [0.3, 0.4) is 0 Å². The molecule has 0 aromatic heterocycles. The molecule has 3 N–H and O–H groups in total. The van der Waals surface area contributed by atoms with Gasteiger partial charge >= 0.3 is 5.97 Å². The first-order valence-corrected chi connectivity index (χ1v) is 3.79. The van der Waals surface area contributed by atoms with Crippen molar-refractivity contribution in [2.75, 3.05) is 26.4 Å². The maximum absolute atomic E-state index is 10.7. The van der Waals surface area contributed by atoms with E-state index >= 15 is 0 Å². The number of esters is 1. The Morgan fingerprint density at radius 1 is 1.50 bits per heavy atom. The molecule has 12 heavy (non-hydrogen) atoms. The molecule has 0 rings (SSSR count). The number of aliphatic hydroxyl groups is 1. The largest absolute Gasteiger partial charge is 0.462 e. The molecule has 0 saturated carbocycles. The summed E-state index contributed by atoms with van der Waals surface area (Å²) in [6, 6.07) is -0.595. The molecule has 1 atom stereocenters. The highest BCUT2D eigenvalue weighted by atomic mass is 16.6. The summed E-state index contributed by atoms with van der Waals surface area (Å²) in [4.78, 5) is 10.7. The summed E-state index contributed by atoms with van der Waals surface area (Å²) in [6.45, 7) is 2.26. The van der Waals surface area contributed by atoms with Crippen LogP contribution in [0.2, 0.25) is 0 Å². The van der Waals surface area contributed by atoms with E-state index in [-0.39, 0.29) is 19.8 Å². The monoisotopic (exact) mass is 177 g/mol. The first-order chi connectivity index (χ1) is 5.68. The second kappa shape index (κ2) is 7.02. The van der Waals surface area contributed by atoms with Gasteiger partial charge in [0.2, 0.25) is 0 Å². The van der Waals surface area contributed by atoms with Crippen molar-refractivity contribution < 1.29 is 19.4 Å². The number of ether oxygens (including phenoxy) is 2. The van der Waals surface area contributed by atoms with Crippen LogP contribution in [0.5, 0.6) is 0 Å². The second-order valence-electron chi connectivity index (χ2n) is 2.29. The van der Waals surface area contributed by atoms with E-state index in [2.05, 4.69) is 4.74 Å². The lowest BCUT2D eigenvalue weighted by atomic mass is 10.4. The Kier molecular flexibility index (Phi) is 6.64. The number of nitrogens with two attached hydrogens (primary N) is 1. The topological polar surface area (TPSA) is 81.8 Å². The van der Waals surface area contributed by atoms with E-state index in [4.69, 9.17) is 15.6 Å². The van der Waals surface area contributed by atoms with Gasteiger partial charge in [0.05, 0.1) is 19.8 Å². The number of aliphatic hydroxyl groups excluding tert-OH is 1. The van der Waals surface area contributed by atoms with Crippen molar-refractivity contribution in [3.05, 3.63) is 0 Å². The minimum Gasteiger partial charge on any atom is -0.462 e. The molecule has 0 amide bonds.